The topological polar surface area (TPSA) is 111 Å². The molecule has 11 heteroatoms. The summed E-state index contributed by atoms with van der Waals surface area (Å²) in [5, 5.41) is 23.5. The summed E-state index contributed by atoms with van der Waals surface area (Å²) in [4.78, 5) is 13.0. The summed E-state index contributed by atoms with van der Waals surface area (Å²) in [6, 6.07) is 19.3. The summed E-state index contributed by atoms with van der Waals surface area (Å²) in [5.74, 6) is 0.896. The van der Waals surface area contributed by atoms with Crippen molar-refractivity contribution in [3.63, 3.8) is 0 Å². The maximum atomic E-state index is 10.9. The number of ether oxygens (including phenoxy) is 2. The lowest BCUT2D eigenvalue weighted by atomic mass is 10.1. The molecular weight excluding hydrogens is 531 g/mol. The average Bonchev–Trinajstić information content (AvgIpc) is 3.68. The summed E-state index contributed by atoms with van der Waals surface area (Å²) >= 11 is 12.9. The second kappa shape index (κ2) is 9.85. The Morgan fingerprint density at radius 2 is 1.66 bits per heavy atom. The van der Waals surface area contributed by atoms with E-state index in [0.717, 1.165) is 29.4 Å². The molecule has 0 aliphatic carbocycles. The van der Waals surface area contributed by atoms with Crippen LogP contribution in [0.2, 0.25) is 10.0 Å². The van der Waals surface area contributed by atoms with Gasteiger partial charge in [0.25, 0.3) is 0 Å². The summed E-state index contributed by atoms with van der Waals surface area (Å²) in [6.07, 6.45) is 0. The lowest BCUT2D eigenvalue weighted by Crippen LogP contribution is -2.02. The zero-order valence-corrected chi connectivity index (χ0v) is 21.1. The van der Waals surface area contributed by atoms with Crippen LogP contribution in [0.4, 0.5) is 5.88 Å². The number of fused-ring (bicyclic) bond motifs is 1. The number of aromatic nitrogens is 3. The fourth-order valence-corrected chi connectivity index (χ4v) is 4.55. The van der Waals surface area contributed by atoms with Crippen molar-refractivity contribution in [3.8, 4) is 28.6 Å². The number of carbonyl (C=O) groups is 1. The van der Waals surface area contributed by atoms with Gasteiger partial charge in [0, 0.05) is 24.7 Å². The Bertz CT molecular complexity index is 1650. The van der Waals surface area contributed by atoms with E-state index in [-0.39, 0.29) is 18.2 Å². The largest absolute Gasteiger partial charge is 0.489 e. The first kappa shape index (κ1) is 24.0. The van der Waals surface area contributed by atoms with Crippen LogP contribution in [0.5, 0.6) is 17.4 Å². The number of anilines is 1. The van der Waals surface area contributed by atoms with E-state index in [9.17, 15) is 4.79 Å². The number of hydrogen-bond acceptors (Lipinski definition) is 8. The molecule has 6 rings (SSSR count). The van der Waals surface area contributed by atoms with E-state index in [4.69, 9.17) is 42.3 Å². The molecule has 0 unspecified atom stereocenters. The van der Waals surface area contributed by atoms with Crippen molar-refractivity contribution < 1.29 is 23.9 Å². The van der Waals surface area contributed by atoms with Crippen LogP contribution >= 0.6 is 23.2 Å². The first-order valence-corrected chi connectivity index (χ1v) is 12.3. The van der Waals surface area contributed by atoms with E-state index in [2.05, 4.69) is 20.3 Å². The Kier molecular flexibility index (Phi) is 6.22. The molecular formula is C27H18Cl2N4O5. The molecule has 1 N–H and O–H groups in total. The van der Waals surface area contributed by atoms with Crippen LogP contribution in [-0.2, 0) is 6.61 Å². The van der Waals surface area contributed by atoms with Gasteiger partial charge >= 0.3 is 5.97 Å². The molecule has 0 radical (unpaired) electrons. The lowest BCUT2D eigenvalue weighted by molar-refractivity contribution is 0.0689. The molecule has 1 fully saturated rings. The average molecular weight is 549 g/mol. The van der Waals surface area contributed by atoms with Crippen molar-refractivity contribution in [2.24, 2.45) is 0 Å². The molecule has 1 aliphatic rings. The minimum Gasteiger partial charge on any atom is -0.489 e. The molecule has 0 amide bonds. The van der Waals surface area contributed by atoms with Gasteiger partial charge in [0.2, 0.25) is 11.8 Å². The van der Waals surface area contributed by atoms with Gasteiger partial charge in [-0.15, -0.1) is 10.2 Å². The molecule has 38 heavy (non-hydrogen) atoms. The number of benzene rings is 3. The molecule has 1 aliphatic heterocycles. The van der Waals surface area contributed by atoms with E-state index in [0.29, 0.717) is 38.7 Å². The second-order valence-electron chi connectivity index (χ2n) is 8.52. The van der Waals surface area contributed by atoms with Gasteiger partial charge in [-0.1, -0.05) is 46.6 Å². The number of rotatable bonds is 8. The fourth-order valence-electron chi connectivity index (χ4n) is 3.97. The number of nitrogens with zero attached hydrogens (tertiary/aromatic N) is 4. The highest BCUT2D eigenvalue weighted by Crippen LogP contribution is 2.41. The van der Waals surface area contributed by atoms with Crippen LogP contribution in [-0.4, -0.2) is 39.5 Å². The van der Waals surface area contributed by atoms with Crippen LogP contribution in [0, 0.1) is 0 Å². The summed E-state index contributed by atoms with van der Waals surface area (Å²) in [5.41, 5.74) is 1.79. The van der Waals surface area contributed by atoms with Crippen molar-refractivity contribution in [1.82, 2.24) is 15.4 Å². The third kappa shape index (κ3) is 4.81. The molecule has 1 saturated heterocycles. The normalized spacial score (nSPS) is 12.5. The van der Waals surface area contributed by atoms with Crippen LogP contribution in [0.1, 0.15) is 16.1 Å². The predicted octanol–water partition coefficient (Wildman–Crippen LogP) is 6.48. The number of aromatic carboxylic acids is 1. The van der Waals surface area contributed by atoms with Crippen LogP contribution in [0.15, 0.2) is 71.3 Å². The summed E-state index contributed by atoms with van der Waals surface area (Å²) in [7, 11) is 0. The van der Waals surface area contributed by atoms with Crippen LogP contribution < -0.4 is 14.4 Å². The molecule has 5 aromatic rings. The Morgan fingerprint density at radius 1 is 0.947 bits per heavy atom. The predicted molar refractivity (Wildman–Crippen MR) is 142 cm³/mol. The first-order valence-electron chi connectivity index (χ1n) is 11.6. The molecule has 0 spiro atoms. The van der Waals surface area contributed by atoms with Crippen LogP contribution in [0.25, 0.3) is 22.0 Å². The Balaban J connectivity index is 1.22. The Morgan fingerprint density at radius 3 is 2.32 bits per heavy atom. The standard InChI is InChI=1S/C27H18Cl2N4O5/c28-20-2-1-3-21(29)24(20)25-19(26(38-32-25)33-10-11-33)14-36-17-6-4-16-13-18(7-5-15(16)12-17)37-23-9-8-22(27(34)35)30-31-23/h1-9,12-13H,10-11,14H2,(H,34,35). The molecule has 3 heterocycles. The van der Waals surface area contributed by atoms with Gasteiger partial charge in [-0.3, -0.25) is 0 Å². The highest BCUT2D eigenvalue weighted by atomic mass is 35.5. The van der Waals surface area contributed by atoms with Gasteiger partial charge in [-0.2, -0.15) is 0 Å². The number of carboxylic acid groups (broad SMARTS) is 1. The van der Waals surface area contributed by atoms with Gasteiger partial charge in [0.05, 0.1) is 15.6 Å². The van der Waals surface area contributed by atoms with Crippen molar-refractivity contribution in [2.75, 3.05) is 18.0 Å². The molecule has 2 aromatic heterocycles. The molecule has 9 nitrogen and oxygen atoms in total. The summed E-state index contributed by atoms with van der Waals surface area (Å²) in [6.45, 7) is 1.98. The molecule has 0 bridgehead atoms. The first-order chi connectivity index (χ1) is 18.5. The zero-order chi connectivity index (χ0) is 26.2. The smallest absolute Gasteiger partial charge is 0.356 e. The van der Waals surface area contributed by atoms with Gasteiger partial charge in [-0.25, -0.2) is 4.79 Å². The van der Waals surface area contributed by atoms with Gasteiger partial charge in [-0.05, 0) is 53.2 Å². The van der Waals surface area contributed by atoms with Crippen molar-refractivity contribution >= 4 is 45.8 Å². The van der Waals surface area contributed by atoms with E-state index in [1.54, 1.807) is 24.3 Å². The minimum atomic E-state index is -1.15. The maximum Gasteiger partial charge on any atom is 0.356 e. The quantitative estimate of drug-likeness (QED) is 0.217. The maximum absolute atomic E-state index is 10.9. The SMILES string of the molecule is O=C(O)c1ccc(Oc2ccc3cc(OCc4c(-c5c(Cl)cccc5Cl)noc4N4CC4)ccc3c2)nn1. The van der Waals surface area contributed by atoms with Crippen molar-refractivity contribution in [3.05, 3.63) is 88.0 Å². The third-order valence-electron chi connectivity index (χ3n) is 5.95. The van der Waals surface area contributed by atoms with Crippen molar-refractivity contribution in [1.29, 1.82) is 0 Å². The highest BCUT2D eigenvalue weighted by Gasteiger charge is 2.30. The molecule has 3 aromatic carbocycles. The number of carboxylic acids is 1. The van der Waals surface area contributed by atoms with E-state index in [1.807, 2.05) is 30.3 Å². The molecule has 190 valence electrons. The number of hydrogen-bond donors (Lipinski definition) is 1. The monoisotopic (exact) mass is 548 g/mol. The van der Waals surface area contributed by atoms with Gasteiger partial charge in [0.15, 0.2) is 5.69 Å². The number of halogens is 2. The second-order valence-corrected chi connectivity index (χ2v) is 9.34. The van der Waals surface area contributed by atoms with E-state index < -0.39 is 5.97 Å². The van der Waals surface area contributed by atoms with Crippen molar-refractivity contribution in [2.45, 2.75) is 6.61 Å². The fraction of sp³-hybridized carbons (Fsp3) is 0.111. The zero-order valence-electron chi connectivity index (χ0n) is 19.6. The van der Waals surface area contributed by atoms with Gasteiger partial charge < -0.3 is 24.0 Å². The Hall–Kier alpha value is -4.34. The molecule has 0 saturated carbocycles. The highest BCUT2D eigenvalue weighted by molar-refractivity contribution is 6.39. The van der Waals surface area contributed by atoms with Gasteiger partial charge in [0.1, 0.15) is 23.8 Å². The third-order valence-corrected chi connectivity index (χ3v) is 6.58. The summed E-state index contributed by atoms with van der Waals surface area (Å²) < 4.78 is 17.5. The van der Waals surface area contributed by atoms with E-state index >= 15 is 0 Å². The molecule has 0 atom stereocenters. The lowest BCUT2D eigenvalue weighted by Gasteiger charge is -2.11. The van der Waals surface area contributed by atoms with Crippen LogP contribution in [0.3, 0.4) is 0 Å². The Labute approximate surface area is 226 Å². The van der Waals surface area contributed by atoms with E-state index in [1.165, 1.54) is 12.1 Å². The minimum absolute atomic E-state index is 0.155.